The number of benzene rings is 1. The molecular formula is C21H32N2O4. The SMILES string of the molecule is CCOc1ccc(C(C)NC(=O)C2CCN(C(=O)CC)CC2)cc1OCC. The summed E-state index contributed by atoms with van der Waals surface area (Å²) in [6.45, 7) is 10.2. The summed E-state index contributed by atoms with van der Waals surface area (Å²) in [6.07, 6.45) is 1.96. The van der Waals surface area contributed by atoms with Gasteiger partial charge in [0, 0.05) is 25.4 Å². The molecule has 2 rings (SSSR count). The average Bonchev–Trinajstić information content (AvgIpc) is 2.69. The fourth-order valence-electron chi connectivity index (χ4n) is 3.37. The van der Waals surface area contributed by atoms with Crippen LogP contribution in [0.5, 0.6) is 11.5 Å². The van der Waals surface area contributed by atoms with Crippen LogP contribution in [0.25, 0.3) is 0 Å². The summed E-state index contributed by atoms with van der Waals surface area (Å²) in [5.74, 6) is 1.60. The smallest absolute Gasteiger partial charge is 0.223 e. The molecule has 1 aromatic carbocycles. The van der Waals surface area contributed by atoms with Crippen molar-refractivity contribution in [3.8, 4) is 11.5 Å². The largest absolute Gasteiger partial charge is 0.490 e. The number of carbonyl (C=O) groups excluding carboxylic acids is 2. The molecule has 6 nitrogen and oxygen atoms in total. The highest BCUT2D eigenvalue weighted by molar-refractivity contribution is 5.80. The van der Waals surface area contributed by atoms with Crippen LogP contribution in [0.4, 0.5) is 0 Å². The van der Waals surface area contributed by atoms with E-state index in [4.69, 9.17) is 9.47 Å². The second kappa shape index (κ2) is 10.2. The highest BCUT2D eigenvalue weighted by Crippen LogP contribution is 2.31. The van der Waals surface area contributed by atoms with Crippen molar-refractivity contribution >= 4 is 11.8 Å². The minimum Gasteiger partial charge on any atom is -0.490 e. The molecule has 1 saturated heterocycles. The van der Waals surface area contributed by atoms with Crippen molar-refractivity contribution in [2.45, 2.75) is 53.0 Å². The number of piperidine rings is 1. The predicted octanol–water partition coefficient (Wildman–Crippen LogP) is 3.31. The van der Waals surface area contributed by atoms with Crippen molar-refractivity contribution in [1.29, 1.82) is 0 Å². The first kappa shape index (κ1) is 21.1. The number of nitrogens with zero attached hydrogens (tertiary/aromatic N) is 1. The molecule has 1 unspecified atom stereocenters. The van der Waals surface area contributed by atoms with E-state index in [2.05, 4.69) is 5.32 Å². The van der Waals surface area contributed by atoms with Crippen LogP contribution in [-0.4, -0.2) is 43.0 Å². The highest BCUT2D eigenvalue weighted by Gasteiger charge is 2.27. The molecule has 1 N–H and O–H groups in total. The fraction of sp³-hybridized carbons (Fsp3) is 0.619. The summed E-state index contributed by atoms with van der Waals surface area (Å²) in [6, 6.07) is 5.66. The van der Waals surface area contributed by atoms with E-state index in [-0.39, 0.29) is 23.8 Å². The van der Waals surface area contributed by atoms with Crippen LogP contribution in [0.3, 0.4) is 0 Å². The fourth-order valence-corrected chi connectivity index (χ4v) is 3.37. The lowest BCUT2D eigenvalue weighted by molar-refractivity contribution is -0.135. The number of amides is 2. The molecule has 1 aromatic rings. The average molecular weight is 376 g/mol. The molecule has 1 heterocycles. The standard InChI is InChI=1S/C21H32N2O4/c1-5-20(24)23-12-10-16(11-13-23)21(25)22-15(4)17-8-9-18(26-6-2)19(14-17)27-7-3/h8-9,14-16H,5-7,10-13H2,1-4H3,(H,22,25). The van der Waals surface area contributed by atoms with Gasteiger partial charge in [-0.25, -0.2) is 0 Å². The summed E-state index contributed by atoms with van der Waals surface area (Å²) in [7, 11) is 0. The first-order valence-corrected chi connectivity index (χ1v) is 9.97. The van der Waals surface area contributed by atoms with Crippen molar-refractivity contribution in [1.82, 2.24) is 10.2 Å². The molecule has 1 aliphatic heterocycles. The van der Waals surface area contributed by atoms with E-state index >= 15 is 0 Å². The number of rotatable bonds is 8. The van der Waals surface area contributed by atoms with Crippen LogP contribution < -0.4 is 14.8 Å². The van der Waals surface area contributed by atoms with Crippen molar-refractivity contribution in [2.75, 3.05) is 26.3 Å². The van der Waals surface area contributed by atoms with E-state index in [0.717, 1.165) is 24.2 Å². The number of hydrogen-bond donors (Lipinski definition) is 1. The van der Waals surface area contributed by atoms with E-state index in [1.165, 1.54) is 0 Å². The molecule has 0 saturated carbocycles. The molecule has 1 atom stereocenters. The lowest BCUT2D eigenvalue weighted by Crippen LogP contribution is -2.43. The Morgan fingerprint density at radius 1 is 1.11 bits per heavy atom. The molecule has 1 aliphatic rings. The van der Waals surface area contributed by atoms with Crippen molar-refractivity contribution in [3.05, 3.63) is 23.8 Å². The third kappa shape index (κ3) is 5.62. The first-order valence-electron chi connectivity index (χ1n) is 9.97. The monoisotopic (exact) mass is 376 g/mol. The zero-order valence-electron chi connectivity index (χ0n) is 16.9. The summed E-state index contributed by atoms with van der Waals surface area (Å²) in [5, 5.41) is 3.11. The topological polar surface area (TPSA) is 67.9 Å². The Labute approximate surface area is 162 Å². The van der Waals surface area contributed by atoms with Gasteiger partial charge in [0.05, 0.1) is 19.3 Å². The van der Waals surface area contributed by atoms with E-state index in [1.54, 1.807) is 0 Å². The van der Waals surface area contributed by atoms with Crippen LogP contribution in [0, 0.1) is 5.92 Å². The zero-order chi connectivity index (χ0) is 19.8. The minimum atomic E-state index is -0.123. The van der Waals surface area contributed by atoms with Crippen LogP contribution >= 0.6 is 0 Å². The second-order valence-electron chi connectivity index (χ2n) is 6.81. The van der Waals surface area contributed by atoms with Gasteiger partial charge in [-0.15, -0.1) is 0 Å². The summed E-state index contributed by atoms with van der Waals surface area (Å²) in [4.78, 5) is 26.3. The predicted molar refractivity (Wildman–Crippen MR) is 105 cm³/mol. The molecule has 1 fully saturated rings. The van der Waals surface area contributed by atoms with Crippen LogP contribution in [0.1, 0.15) is 58.6 Å². The second-order valence-corrected chi connectivity index (χ2v) is 6.81. The lowest BCUT2D eigenvalue weighted by Gasteiger charge is -2.31. The van der Waals surface area contributed by atoms with Gasteiger partial charge in [0.1, 0.15) is 0 Å². The van der Waals surface area contributed by atoms with Gasteiger partial charge in [0.15, 0.2) is 11.5 Å². The lowest BCUT2D eigenvalue weighted by atomic mass is 9.95. The molecule has 0 radical (unpaired) electrons. The number of ether oxygens (including phenoxy) is 2. The Balaban J connectivity index is 1.96. The van der Waals surface area contributed by atoms with E-state index in [9.17, 15) is 9.59 Å². The molecule has 0 bridgehead atoms. The zero-order valence-corrected chi connectivity index (χ0v) is 16.9. The van der Waals surface area contributed by atoms with E-state index < -0.39 is 0 Å². The number of nitrogens with one attached hydrogen (secondary N) is 1. The van der Waals surface area contributed by atoms with Crippen LogP contribution in [0.15, 0.2) is 18.2 Å². The molecule has 27 heavy (non-hydrogen) atoms. The summed E-state index contributed by atoms with van der Waals surface area (Å²) < 4.78 is 11.3. The first-order chi connectivity index (χ1) is 13.0. The van der Waals surface area contributed by atoms with E-state index in [0.29, 0.717) is 38.5 Å². The Bertz CT molecular complexity index is 639. The van der Waals surface area contributed by atoms with Gasteiger partial charge in [-0.3, -0.25) is 9.59 Å². The quantitative estimate of drug-likeness (QED) is 0.756. The van der Waals surface area contributed by atoms with Gasteiger partial charge in [0.2, 0.25) is 11.8 Å². The Morgan fingerprint density at radius 2 is 1.74 bits per heavy atom. The Morgan fingerprint density at radius 3 is 2.33 bits per heavy atom. The molecular weight excluding hydrogens is 344 g/mol. The molecule has 2 amide bonds. The Kier molecular flexibility index (Phi) is 7.95. The van der Waals surface area contributed by atoms with Gasteiger partial charge in [-0.1, -0.05) is 13.0 Å². The summed E-state index contributed by atoms with van der Waals surface area (Å²) >= 11 is 0. The van der Waals surface area contributed by atoms with Gasteiger partial charge >= 0.3 is 0 Å². The number of likely N-dealkylation sites (tertiary alicyclic amines) is 1. The maximum absolute atomic E-state index is 12.6. The van der Waals surface area contributed by atoms with Gasteiger partial charge < -0.3 is 19.7 Å². The van der Waals surface area contributed by atoms with Gasteiger partial charge in [-0.2, -0.15) is 0 Å². The highest BCUT2D eigenvalue weighted by atomic mass is 16.5. The maximum Gasteiger partial charge on any atom is 0.223 e. The normalized spacial score (nSPS) is 15.9. The summed E-state index contributed by atoms with van der Waals surface area (Å²) in [5.41, 5.74) is 0.980. The third-order valence-corrected chi connectivity index (χ3v) is 4.95. The van der Waals surface area contributed by atoms with Gasteiger partial charge in [0.25, 0.3) is 0 Å². The molecule has 0 aliphatic carbocycles. The van der Waals surface area contributed by atoms with Crippen molar-refractivity contribution in [2.24, 2.45) is 5.92 Å². The van der Waals surface area contributed by atoms with Crippen LogP contribution in [0.2, 0.25) is 0 Å². The number of hydrogen-bond acceptors (Lipinski definition) is 4. The van der Waals surface area contributed by atoms with E-state index in [1.807, 2.05) is 50.8 Å². The third-order valence-electron chi connectivity index (χ3n) is 4.95. The minimum absolute atomic E-state index is 0.0394. The number of carbonyl (C=O) groups is 2. The molecule has 0 spiro atoms. The van der Waals surface area contributed by atoms with Crippen molar-refractivity contribution < 1.29 is 19.1 Å². The molecule has 0 aromatic heterocycles. The Hall–Kier alpha value is -2.24. The van der Waals surface area contributed by atoms with Crippen molar-refractivity contribution in [3.63, 3.8) is 0 Å². The molecule has 150 valence electrons. The van der Waals surface area contributed by atoms with Crippen LogP contribution in [-0.2, 0) is 9.59 Å². The maximum atomic E-state index is 12.6. The van der Waals surface area contributed by atoms with Gasteiger partial charge in [-0.05, 0) is 51.3 Å². The molecule has 6 heteroatoms.